The standard InChI is InChI=1S/C17H13F17O/c1-3-9-5-4-7(6-9)10(12(20,21)15(26,27)28,13(22,23)16(29,30)31)35-8(9,2)11(18,19)14(24,25)17(32,33)34/h3,7H,1,4-6H2,2H3. The van der Waals surface area contributed by atoms with Crippen LogP contribution >= 0.6 is 0 Å². The third kappa shape index (κ3) is 3.25. The fourth-order valence-electron chi connectivity index (χ4n) is 4.86. The van der Waals surface area contributed by atoms with E-state index in [2.05, 4.69) is 11.3 Å². The second-order valence-electron chi connectivity index (χ2n) is 8.46. The van der Waals surface area contributed by atoms with Crippen molar-refractivity contribution in [2.75, 3.05) is 0 Å². The first-order valence-corrected chi connectivity index (χ1v) is 9.13. The second kappa shape index (κ2) is 7.30. The highest BCUT2D eigenvalue weighted by molar-refractivity contribution is 5.29. The van der Waals surface area contributed by atoms with E-state index >= 15 is 0 Å². The van der Waals surface area contributed by atoms with Gasteiger partial charge in [0.2, 0.25) is 5.60 Å². The van der Waals surface area contributed by atoms with Crippen LogP contribution in [0.25, 0.3) is 0 Å². The van der Waals surface area contributed by atoms with E-state index in [0.29, 0.717) is 0 Å². The van der Waals surface area contributed by atoms with Crippen molar-refractivity contribution in [2.45, 2.75) is 79.6 Å². The lowest BCUT2D eigenvalue weighted by Crippen LogP contribution is -2.81. The zero-order chi connectivity index (χ0) is 28.1. The normalized spacial score (nSPS) is 31.0. The highest BCUT2D eigenvalue weighted by Gasteiger charge is 2.94. The first-order valence-electron chi connectivity index (χ1n) is 9.13. The van der Waals surface area contributed by atoms with Gasteiger partial charge < -0.3 is 4.74 Å². The van der Waals surface area contributed by atoms with E-state index in [9.17, 15) is 74.6 Å². The fraction of sp³-hybridized carbons (Fsp3) is 0.882. The Morgan fingerprint density at radius 3 is 1.40 bits per heavy atom. The number of hydrogen-bond donors (Lipinski definition) is 0. The van der Waals surface area contributed by atoms with Gasteiger partial charge in [0.05, 0.1) is 0 Å². The van der Waals surface area contributed by atoms with Gasteiger partial charge >= 0.3 is 42.2 Å². The molecule has 0 amide bonds. The molecule has 1 nitrogen and oxygen atoms in total. The van der Waals surface area contributed by atoms with Crippen LogP contribution in [0.15, 0.2) is 12.7 Å². The smallest absolute Gasteiger partial charge is 0.348 e. The predicted molar refractivity (Wildman–Crippen MR) is 80.1 cm³/mol. The van der Waals surface area contributed by atoms with Gasteiger partial charge in [0, 0.05) is 11.3 Å². The largest absolute Gasteiger partial charge is 0.459 e. The molecule has 0 N–H and O–H groups in total. The van der Waals surface area contributed by atoms with Gasteiger partial charge in [-0.1, -0.05) is 6.08 Å². The van der Waals surface area contributed by atoms with Crippen LogP contribution in [0.5, 0.6) is 0 Å². The van der Waals surface area contributed by atoms with E-state index in [-0.39, 0.29) is 6.08 Å². The lowest BCUT2D eigenvalue weighted by molar-refractivity contribution is -0.493. The van der Waals surface area contributed by atoms with Gasteiger partial charge in [0.25, 0.3) is 0 Å². The maximum absolute atomic E-state index is 14.9. The molecule has 1 heterocycles. The van der Waals surface area contributed by atoms with E-state index in [0.717, 1.165) is 0 Å². The van der Waals surface area contributed by atoms with Gasteiger partial charge in [-0.05, 0) is 26.2 Å². The minimum Gasteiger partial charge on any atom is -0.348 e. The number of halogens is 17. The maximum atomic E-state index is 14.9. The molecule has 3 unspecified atom stereocenters. The Morgan fingerprint density at radius 2 is 1.09 bits per heavy atom. The van der Waals surface area contributed by atoms with E-state index in [1.54, 1.807) is 0 Å². The highest BCUT2D eigenvalue weighted by Crippen LogP contribution is 2.74. The van der Waals surface area contributed by atoms with Crippen LogP contribution in [0.2, 0.25) is 0 Å². The number of alkyl halides is 17. The third-order valence-electron chi connectivity index (χ3n) is 6.82. The van der Waals surface area contributed by atoms with Crippen molar-refractivity contribution in [3.05, 3.63) is 12.7 Å². The zero-order valence-corrected chi connectivity index (χ0v) is 16.8. The van der Waals surface area contributed by atoms with Crippen molar-refractivity contribution in [3.63, 3.8) is 0 Å². The Morgan fingerprint density at radius 1 is 0.686 bits per heavy atom. The zero-order valence-electron chi connectivity index (χ0n) is 16.8. The molecule has 0 aromatic carbocycles. The van der Waals surface area contributed by atoms with E-state index in [4.69, 9.17) is 0 Å². The molecular formula is C17H13F17O. The molecule has 2 fully saturated rings. The molecule has 1 aliphatic heterocycles. The minimum absolute atomic E-state index is 0.0781. The van der Waals surface area contributed by atoms with Gasteiger partial charge in [-0.3, -0.25) is 0 Å². The second-order valence-corrected chi connectivity index (χ2v) is 8.46. The number of fused-ring (bicyclic) bond motifs is 2. The van der Waals surface area contributed by atoms with Gasteiger partial charge in [-0.25, -0.2) is 0 Å². The summed E-state index contributed by atoms with van der Waals surface area (Å²) in [5.74, 6) is -32.4. The Labute approximate surface area is 184 Å². The van der Waals surface area contributed by atoms with Crippen molar-refractivity contribution < 1.29 is 79.4 Å². The molecule has 2 rings (SSSR count). The summed E-state index contributed by atoms with van der Waals surface area (Å²) in [5.41, 5.74) is -14.7. The Balaban J connectivity index is 3.07. The first kappa shape index (κ1) is 29.7. The minimum atomic E-state index is -7.39. The Hall–Kier alpha value is -1.49. The molecular weight excluding hydrogens is 543 g/mol. The molecule has 3 atom stereocenters. The van der Waals surface area contributed by atoms with Crippen molar-refractivity contribution in [2.24, 2.45) is 11.3 Å². The molecule has 1 aliphatic carbocycles. The molecule has 0 aromatic heterocycles. The van der Waals surface area contributed by atoms with Crippen LogP contribution in [0.1, 0.15) is 26.2 Å². The van der Waals surface area contributed by atoms with Crippen LogP contribution in [-0.2, 0) is 4.74 Å². The summed E-state index contributed by atoms with van der Waals surface area (Å²) < 4.78 is 237. The average molecular weight is 556 g/mol. The Kier molecular flexibility index (Phi) is 6.20. The van der Waals surface area contributed by atoms with Crippen LogP contribution in [-0.4, -0.2) is 53.4 Å². The number of rotatable bonds is 5. The van der Waals surface area contributed by atoms with Gasteiger partial charge in [-0.15, -0.1) is 6.58 Å². The van der Waals surface area contributed by atoms with Crippen LogP contribution in [0.3, 0.4) is 0 Å². The third-order valence-corrected chi connectivity index (χ3v) is 6.82. The van der Waals surface area contributed by atoms with Gasteiger partial charge in [-0.2, -0.15) is 74.6 Å². The Bertz CT molecular complexity index is 824. The quantitative estimate of drug-likeness (QED) is 0.249. The molecule has 1 saturated heterocycles. The summed E-state index contributed by atoms with van der Waals surface area (Å²) in [6, 6.07) is 0. The molecule has 18 heteroatoms. The maximum Gasteiger partial charge on any atom is 0.459 e. The molecule has 206 valence electrons. The van der Waals surface area contributed by atoms with E-state index < -0.39 is 90.9 Å². The SMILES string of the molecule is C=CC12CCC(C1)C(C(F)(F)C(F)(F)F)(C(F)(F)C(F)(F)F)OC2(C)C(F)(F)C(F)(F)C(F)(F)F. The molecule has 1 saturated carbocycles. The van der Waals surface area contributed by atoms with Crippen molar-refractivity contribution in [1.29, 1.82) is 0 Å². The monoisotopic (exact) mass is 556 g/mol. The van der Waals surface area contributed by atoms with Crippen LogP contribution in [0.4, 0.5) is 74.6 Å². The molecule has 0 aromatic rings. The van der Waals surface area contributed by atoms with Crippen molar-refractivity contribution in [3.8, 4) is 0 Å². The highest BCUT2D eigenvalue weighted by atomic mass is 19.4. The number of hydrogen-bond acceptors (Lipinski definition) is 1. The van der Waals surface area contributed by atoms with Crippen LogP contribution in [0, 0.1) is 11.3 Å². The topological polar surface area (TPSA) is 9.23 Å². The predicted octanol–water partition coefficient (Wildman–Crippen LogP) is 7.71. The van der Waals surface area contributed by atoms with E-state index in [1.807, 2.05) is 0 Å². The lowest BCUT2D eigenvalue weighted by Gasteiger charge is -2.60. The van der Waals surface area contributed by atoms with Crippen molar-refractivity contribution in [1.82, 2.24) is 0 Å². The molecule has 2 bridgehead atoms. The van der Waals surface area contributed by atoms with E-state index in [1.165, 1.54) is 0 Å². The summed E-state index contributed by atoms with van der Waals surface area (Å²) >= 11 is 0. The fourth-order valence-corrected chi connectivity index (χ4v) is 4.86. The molecule has 2 aliphatic rings. The van der Waals surface area contributed by atoms with Crippen molar-refractivity contribution >= 4 is 0 Å². The summed E-state index contributed by atoms with van der Waals surface area (Å²) in [4.78, 5) is 0. The summed E-state index contributed by atoms with van der Waals surface area (Å²) in [6.07, 6.45) is -27.0. The van der Waals surface area contributed by atoms with Gasteiger partial charge in [0.1, 0.15) is 5.60 Å². The van der Waals surface area contributed by atoms with Gasteiger partial charge in [0.15, 0.2) is 0 Å². The number of ether oxygens (including phenoxy) is 1. The molecule has 0 spiro atoms. The lowest BCUT2D eigenvalue weighted by atomic mass is 9.61. The molecule has 35 heavy (non-hydrogen) atoms. The van der Waals surface area contributed by atoms with Crippen LogP contribution < -0.4 is 0 Å². The first-order chi connectivity index (χ1) is 15.1. The molecule has 0 radical (unpaired) electrons. The summed E-state index contributed by atoms with van der Waals surface area (Å²) in [6.45, 7) is 2.17. The summed E-state index contributed by atoms with van der Waals surface area (Å²) in [7, 11) is 0. The summed E-state index contributed by atoms with van der Waals surface area (Å²) in [5, 5.41) is 0. The average Bonchev–Trinajstić information content (AvgIpc) is 3.04.